The van der Waals surface area contributed by atoms with E-state index in [1.165, 1.54) is 12.2 Å². The zero-order valence-corrected chi connectivity index (χ0v) is 11.8. The molecule has 106 valence electrons. The van der Waals surface area contributed by atoms with Crippen LogP contribution in [0.3, 0.4) is 0 Å². The third kappa shape index (κ3) is 2.90. The number of ether oxygens (including phenoxy) is 1. The van der Waals surface area contributed by atoms with Gasteiger partial charge in [-0.15, -0.1) is 0 Å². The van der Waals surface area contributed by atoms with Crippen LogP contribution in [-0.2, 0) is 0 Å². The summed E-state index contributed by atoms with van der Waals surface area (Å²) in [6.07, 6.45) is 2.88. The van der Waals surface area contributed by atoms with E-state index in [0.717, 1.165) is 10.8 Å². The van der Waals surface area contributed by atoms with Crippen molar-refractivity contribution in [3.05, 3.63) is 75.5 Å². The van der Waals surface area contributed by atoms with Crippen molar-refractivity contribution in [2.24, 2.45) is 0 Å². The predicted molar refractivity (Wildman–Crippen MR) is 82.0 cm³/mol. The molecule has 1 aliphatic carbocycles. The summed E-state index contributed by atoms with van der Waals surface area (Å²) in [7, 11) is 0. The standard InChI is InChI=1S/C16H12ClNO3/c17-15-10-13(18(19)20)6-8-16(15)21-14-7-5-11-3-1-2-4-12(11)9-14/h1-7,9-10,16H,8H2. The lowest BCUT2D eigenvalue weighted by Gasteiger charge is -2.19. The molecule has 4 nitrogen and oxygen atoms in total. The molecule has 1 atom stereocenters. The van der Waals surface area contributed by atoms with Crippen LogP contribution in [0.5, 0.6) is 5.75 Å². The molecule has 1 aliphatic rings. The Labute approximate surface area is 126 Å². The summed E-state index contributed by atoms with van der Waals surface area (Å²) in [5.74, 6) is 0.697. The first-order chi connectivity index (χ1) is 10.1. The summed E-state index contributed by atoms with van der Waals surface area (Å²) >= 11 is 6.08. The molecule has 0 bridgehead atoms. The van der Waals surface area contributed by atoms with Crippen molar-refractivity contribution in [3.63, 3.8) is 0 Å². The van der Waals surface area contributed by atoms with Crippen molar-refractivity contribution in [3.8, 4) is 5.75 Å². The number of hydrogen-bond acceptors (Lipinski definition) is 3. The Morgan fingerprint density at radius 3 is 2.67 bits per heavy atom. The van der Waals surface area contributed by atoms with Crippen LogP contribution in [0.25, 0.3) is 10.8 Å². The molecule has 0 saturated heterocycles. The van der Waals surface area contributed by atoms with Gasteiger partial charge in [-0.25, -0.2) is 0 Å². The normalized spacial score (nSPS) is 18.0. The fourth-order valence-corrected chi connectivity index (χ4v) is 2.52. The lowest BCUT2D eigenvalue weighted by atomic mass is 10.1. The van der Waals surface area contributed by atoms with Crippen molar-refractivity contribution in [2.75, 3.05) is 0 Å². The van der Waals surface area contributed by atoms with Crippen molar-refractivity contribution in [2.45, 2.75) is 12.5 Å². The first-order valence-corrected chi connectivity index (χ1v) is 6.88. The second-order valence-corrected chi connectivity index (χ2v) is 5.20. The maximum atomic E-state index is 10.7. The number of nitro groups is 1. The molecule has 5 heteroatoms. The first-order valence-electron chi connectivity index (χ1n) is 6.50. The Kier molecular flexibility index (Phi) is 3.62. The third-order valence-corrected chi connectivity index (χ3v) is 3.70. The lowest BCUT2D eigenvalue weighted by Crippen LogP contribution is -2.20. The average Bonchev–Trinajstić information content (AvgIpc) is 2.49. The molecule has 0 saturated carbocycles. The van der Waals surface area contributed by atoms with E-state index in [2.05, 4.69) is 0 Å². The molecule has 2 aromatic carbocycles. The van der Waals surface area contributed by atoms with Crippen molar-refractivity contribution >= 4 is 22.4 Å². The number of nitrogens with zero attached hydrogens (tertiary/aromatic N) is 1. The minimum atomic E-state index is -0.450. The van der Waals surface area contributed by atoms with Crippen LogP contribution < -0.4 is 4.74 Å². The fraction of sp³-hybridized carbons (Fsp3) is 0.125. The summed E-state index contributed by atoms with van der Waals surface area (Å²) < 4.78 is 5.84. The molecular weight excluding hydrogens is 290 g/mol. The lowest BCUT2D eigenvalue weighted by molar-refractivity contribution is -0.419. The smallest absolute Gasteiger partial charge is 0.266 e. The maximum Gasteiger partial charge on any atom is 0.266 e. The van der Waals surface area contributed by atoms with Crippen molar-refractivity contribution < 1.29 is 9.66 Å². The van der Waals surface area contributed by atoms with E-state index >= 15 is 0 Å². The zero-order valence-electron chi connectivity index (χ0n) is 11.0. The number of rotatable bonds is 3. The van der Waals surface area contributed by atoms with Crippen LogP contribution in [0.15, 0.2) is 65.3 Å². The molecule has 0 aliphatic heterocycles. The molecule has 0 fully saturated rings. The molecule has 2 aromatic rings. The average molecular weight is 302 g/mol. The Morgan fingerprint density at radius 1 is 1.19 bits per heavy atom. The van der Waals surface area contributed by atoms with Crippen LogP contribution in [0.4, 0.5) is 0 Å². The summed E-state index contributed by atoms with van der Waals surface area (Å²) in [4.78, 5) is 10.3. The van der Waals surface area contributed by atoms with Crippen molar-refractivity contribution in [1.82, 2.24) is 0 Å². The number of fused-ring (bicyclic) bond motifs is 1. The number of benzene rings is 2. The monoisotopic (exact) mass is 301 g/mol. The van der Waals surface area contributed by atoms with E-state index in [-0.39, 0.29) is 11.8 Å². The highest BCUT2D eigenvalue weighted by atomic mass is 35.5. The Hall–Kier alpha value is -2.33. The molecular formula is C16H12ClNO3. The van der Waals surface area contributed by atoms with Gasteiger partial charge in [0, 0.05) is 12.5 Å². The summed E-state index contributed by atoms with van der Waals surface area (Å²) in [6, 6.07) is 13.8. The minimum absolute atomic E-state index is 0.0124. The fourth-order valence-electron chi connectivity index (χ4n) is 2.27. The summed E-state index contributed by atoms with van der Waals surface area (Å²) in [5.41, 5.74) is 0.0124. The van der Waals surface area contributed by atoms with E-state index in [9.17, 15) is 10.1 Å². The van der Waals surface area contributed by atoms with Gasteiger partial charge < -0.3 is 4.74 Å². The third-order valence-electron chi connectivity index (χ3n) is 3.34. The Balaban J connectivity index is 1.80. The van der Waals surface area contributed by atoms with Gasteiger partial charge in [-0.05, 0) is 29.0 Å². The number of allylic oxidation sites excluding steroid dienone is 1. The van der Waals surface area contributed by atoms with Gasteiger partial charge in [-0.3, -0.25) is 10.1 Å². The van der Waals surface area contributed by atoms with Crippen LogP contribution >= 0.6 is 11.6 Å². The van der Waals surface area contributed by atoms with Crippen LogP contribution in [0.1, 0.15) is 6.42 Å². The highest BCUT2D eigenvalue weighted by molar-refractivity contribution is 6.30. The topological polar surface area (TPSA) is 52.4 Å². The molecule has 0 heterocycles. The molecule has 0 radical (unpaired) electrons. The Bertz CT molecular complexity index is 767. The van der Waals surface area contributed by atoms with E-state index in [1.807, 2.05) is 42.5 Å². The minimum Gasteiger partial charge on any atom is -0.484 e. The molecule has 0 amide bonds. The maximum absolute atomic E-state index is 10.7. The molecule has 0 spiro atoms. The second kappa shape index (κ2) is 5.58. The highest BCUT2D eigenvalue weighted by Gasteiger charge is 2.23. The van der Waals surface area contributed by atoms with Gasteiger partial charge in [0.25, 0.3) is 5.70 Å². The van der Waals surface area contributed by atoms with Gasteiger partial charge in [0.1, 0.15) is 11.9 Å². The van der Waals surface area contributed by atoms with Gasteiger partial charge in [-0.2, -0.15) is 0 Å². The van der Waals surface area contributed by atoms with Crippen LogP contribution in [0.2, 0.25) is 0 Å². The first kappa shape index (κ1) is 13.6. The highest BCUT2D eigenvalue weighted by Crippen LogP contribution is 2.28. The molecule has 21 heavy (non-hydrogen) atoms. The van der Waals surface area contributed by atoms with Gasteiger partial charge in [0.05, 0.1) is 9.96 Å². The van der Waals surface area contributed by atoms with Crippen LogP contribution in [0, 0.1) is 10.1 Å². The van der Waals surface area contributed by atoms with Crippen molar-refractivity contribution in [1.29, 1.82) is 0 Å². The van der Waals surface area contributed by atoms with Gasteiger partial charge >= 0.3 is 0 Å². The van der Waals surface area contributed by atoms with E-state index < -0.39 is 4.92 Å². The predicted octanol–water partition coefficient (Wildman–Crippen LogP) is 4.27. The zero-order chi connectivity index (χ0) is 14.8. The van der Waals surface area contributed by atoms with E-state index in [4.69, 9.17) is 16.3 Å². The SMILES string of the molecule is O=[N+]([O-])C1=CCC(Oc2ccc3ccccc3c2)C(Cl)=C1. The number of halogens is 1. The van der Waals surface area contributed by atoms with E-state index in [0.29, 0.717) is 17.2 Å². The van der Waals surface area contributed by atoms with Gasteiger partial charge in [-0.1, -0.05) is 41.9 Å². The van der Waals surface area contributed by atoms with Gasteiger partial charge in [0.15, 0.2) is 0 Å². The largest absolute Gasteiger partial charge is 0.484 e. The second-order valence-electron chi connectivity index (χ2n) is 4.77. The molecule has 1 unspecified atom stereocenters. The van der Waals surface area contributed by atoms with Crippen LogP contribution in [-0.4, -0.2) is 11.0 Å². The van der Waals surface area contributed by atoms with Gasteiger partial charge in [0.2, 0.25) is 0 Å². The summed E-state index contributed by atoms with van der Waals surface area (Å²) in [6.45, 7) is 0. The summed E-state index contributed by atoms with van der Waals surface area (Å²) in [5, 5.41) is 13.3. The van der Waals surface area contributed by atoms with E-state index in [1.54, 1.807) is 0 Å². The molecule has 3 rings (SSSR count). The number of hydrogen-bond donors (Lipinski definition) is 0. The molecule has 0 N–H and O–H groups in total. The Morgan fingerprint density at radius 2 is 1.95 bits per heavy atom. The quantitative estimate of drug-likeness (QED) is 0.628. The molecule has 0 aromatic heterocycles.